The summed E-state index contributed by atoms with van der Waals surface area (Å²) in [5.41, 5.74) is 3.52. The first-order valence-corrected chi connectivity index (χ1v) is 6.89. The van der Waals surface area contributed by atoms with Crippen molar-refractivity contribution in [3.8, 4) is 5.75 Å². The van der Waals surface area contributed by atoms with Crippen LogP contribution in [0.3, 0.4) is 0 Å². The van der Waals surface area contributed by atoms with Crippen LogP contribution in [-0.4, -0.2) is 16.4 Å². The molecule has 0 saturated heterocycles. The van der Waals surface area contributed by atoms with Gasteiger partial charge in [0.05, 0.1) is 5.71 Å². The number of aliphatic imine (C=N–C) groups is 1. The Morgan fingerprint density at radius 1 is 1.19 bits per heavy atom. The van der Waals surface area contributed by atoms with Gasteiger partial charge in [0.2, 0.25) is 0 Å². The van der Waals surface area contributed by atoms with Crippen LogP contribution >= 0.6 is 0 Å². The van der Waals surface area contributed by atoms with Crippen molar-refractivity contribution in [3.05, 3.63) is 58.7 Å². The zero-order chi connectivity index (χ0) is 15.2. The van der Waals surface area contributed by atoms with Crippen molar-refractivity contribution in [1.82, 2.24) is 4.98 Å². The van der Waals surface area contributed by atoms with Gasteiger partial charge in [-0.2, -0.15) is 0 Å². The molecule has 2 heterocycles. The fourth-order valence-electron chi connectivity index (χ4n) is 2.39. The number of halogens is 1. The molecule has 1 aromatic carbocycles. The minimum absolute atomic E-state index is 0.255. The summed E-state index contributed by atoms with van der Waals surface area (Å²) in [7, 11) is 0. The third-order valence-electron chi connectivity index (χ3n) is 3.57. The van der Waals surface area contributed by atoms with E-state index in [-0.39, 0.29) is 11.6 Å². The van der Waals surface area contributed by atoms with Crippen molar-refractivity contribution in [2.24, 2.45) is 4.99 Å². The van der Waals surface area contributed by atoms with Gasteiger partial charge in [-0.3, -0.25) is 4.98 Å². The van der Waals surface area contributed by atoms with Crippen molar-refractivity contribution in [1.29, 1.82) is 0 Å². The van der Waals surface area contributed by atoms with Crippen molar-refractivity contribution >= 4 is 5.71 Å². The molecule has 0 atom stereocenters. The van der Waals surface area contributed by atoms with Crippen molar-refractivity contribution in [2.75, 3.05) is 0 Å². The number of hydrogen-bond donors (Lipinski definition) is 0. The molecule has 0 radical (unpaired) electrons. The van der Waals surface area contributed by atoms with Crippen LogP contribution in [-0.2, 0) is 0 Å². The molecular formula is C17H17FN2O. The van der Waals surface area contributed by atoms with Crippen LogP contribution in [0.5, 0.6) is 5.75 Å². The Kier molecular flexibility index (Phi) is 3.04. The molecule has 0 bridgehead atoms. The molecule has 1 aliphatic rings. The second-order valence-corrected chi connectivity index (χ2v) is 5.75. The Bertz CT molecular complexity index is 750. The normalized spacial score (nSPS) is 16.0. The fraction of sp³-hybridized carbons (Fsp3) is 0.294. The van der Waals surface area contributed by atoms with Gasteiger partial charge in [0, 0.05) is 23.0 Å². The summed E-state index contributed by atoms with van der Waals surface area (Å²) in [4.78, 5) is 9.01. The van der Waals surface area contributed by atoms with Gasteiger partial charge < -0.3 is 4.74 Å². The van der Waals surface area contributed by atoms with Crippen LogP contribution in [0.4, 0.5) is 4.39 Å². The minimum atomic E-state index is -0.802. The molecule has 0 aliphatic carbocycles. The standard InChI is InChI=1S/C17H17FN2O/c1-10-8-12(9-19-11(10)2)15-13-6-5-7-14(18)16(13)21-17(3,4)20-15/h5-9H,1-4H3. The SMILES string of the molecule is Cc1cc(C2=NC(C)(C)Oc3c(F)cccc32)cnc1C. The predicted molar refractivity (Wildman–Crippen MR) is 80.5 cm³/mol. The predicted octanol–water partition coefficient (Wildman–Crippen LogP) is 3.80. The lowest BCUT2D eigenvalue weighted by Gasteiger charge is -2.30. The van der Waals surface area contributed by atoms with Gasteiger partial charge >= 0.3 is 0 Å². The molecule has 1 aliphatic heterocycles. The average molecular weight is 284 g/mol. The van der Waals surface area contributed by atoms with Crippen molar-refractivity contribution in [2.45, 2.75) is 33.4 Å². The zero-order valence-electron chi connectivity index (χ0n) is 12.6. The van der Waals surface area contributed by atoms with E-state index >= 15 is 0 Å². The summed E-state index contributed by atoms with van der Waals surface area (Å²) in [5.74, 6) is -0.115. The van der Waals surface area contributed by atoms with Gasteiger partial charge in [0.1, 0.15) is 0 Å². The summed E-state index contributed by atoms with van der Waals surface area (Å²) >= 11 is 0. The molecule has 108 valence electrons. The second-order valence-electron chi connectivity index (χ2n) is 5.75. The van der Waals surface area contributed by atoms with E-state index in [0.717, 1.165) is 22.5 Å². The van der Waals surface area contributed by atoms with Gasteiger partial charge in [-0.1, -0.05) is 6.07 Å². The average Bonchev–Trinajstić information content (AvgIpc) is 2.42. The monoisotopic (exact) mass is 284 g/mol. The van der Waals surface area contributed by atoms with Crippen LogP contribution in [0, 0.1) is 19.7 Å². The molecular weight excluding hydrogens is 267 g/mol. The van der Waals surface area contributed by atoms with Crippen LogP contribution in [0.2, 0.25) is 0 Å². The summed E-state index contributed by atoms with van der Waals surface area (Å²) in [5, 5.41) is 0. The van der Waals surface area contributed by atoms with E-state index in [0.29, 0.717) is 5.56 Å². The first-order chi connectivity index (χ1) is 9.87. The van der Waals surface area contributed by atoms with Crippen LogP contribution < -0.4 is 4.74 Å². The Morgan fingerprint density at radius 2 is 1.95 bits per heavy atom. The summed E-state index contributed by atoms with van der Waals surface area (Å²) in [6.07, 6.45) is 1.78. The maximum absolute atomic E-state index is 14.1. The number of ether oxygens (including phenoxy) is 1. The van der Waals surface area contributed by atoms with Crippen molar-refractivity contribution in [3.63, 3.8) is 0 Å². The molecule has 0 fully saturated rings. The largest absolute Gasteiger partial charge is 0.463 e. The maximum Gasteiger partial charge on any atom is 0.195 e. The van der Waals surface area contributed by atoms with Gasteiger partial charge in [0.25, 0.3) is 0 Å². The lowest BCUT2D eigenvalue weighted by atomic mass is 9.98. The fourth-order valence-corrected chi connectivity index (χ4v) is 2.39. The minimum Gasteiger partial charge on any atom is -0.463 e. The lowest BCUT2D eigenvalue weighted by molar-refractivity contribution is 0.109. The molecule has 3 nitrogen and oxygen atoms in total. The van der Waals surface area contributed by atoms with E-state index in [9.17, 15) is 4.39 Å². The van der Waals surface area contributed by atoms with Gasteiger partial charge in [-0.15, -0.1) is 0 Å². The highest BCUT2D eigenvalue weighted by atomic mass is 19.1. The molecule has 0 spiro atoms. The number of pyridine rings is 1. The highest BCUT2D eigenvalue weighted by Gasteiger charge is 2.30. The number of aromatic nitrogens is 1. The third kappa shape index (κ3) is 2.42. The molecule has 4 heteroatoms. The van der Waals surface area contributed by atoms with Crippen LogP contribution in [0.25, 0.3) is 0 Å². The van der Waals surface area contributed by atoms with E-state index in [2.05, 4.69) is 9.98 Å². The molecule has 3 rings (SSSR count). The quantitative estimate of drug-likeness (QED) is 0.798. The topological polar surface area (TPSA) is 34.5 Å². The molecule has 2 aromatic rings. The van der Waals surface area contributed by atoms with E-state index < -0.39 is 5.72 Å². The Balaban J connectivity index is 2.23. The number of hydrogen-bond acceptors (Lipinski definition) is 3. The van der Waals surface area contributed by atoms with Crippen molar-refractivity contribution < 1.29 is 9.13 Å². The highest BCUT2D eigenvalue weighted by Crippen LogP contribution is 2.34. The number of fused-ring (bicyclic) bond motifs is 1. The summed E-state index contributed by atoms with van der Waals surface area (Å²) in [6.45, 7) is 7.60. The lowest BCUT2D eigenvalue weighted by Crippen LogP contribution is -2.33. The van der Waals surface area contributed by atoms with E-state index in [4.69, 9.17) is 4.74 Å². The van der Waals surface area contributed by atoms with Gasteiger partial charge in [-0.25, -0.2) is 9.38 Å². The van der Waals surface area contributed by atoms with E-state index in [1.165, 1.54) is 6.07 Å². The van der Waals surface area contributed by atoms with E-state index in [1.807, 2.05) is 39.8 Å². The molecule has 0 saturated carbocycles. The first-order valence-electron chi connectivity index (χ1n) is 6.89. The van der Waals surface area contributed by atoms with Gasteiger partial charge in [0.15, 0.2) is 17.3 Å². The summed E-state index contributed by atoms with van der Waals surface area (Å²) < 4.78 is 19.7. The first kappa shape index (κ1) is 13.7. The Hall–Kier alpha value is -2.23. The molecule has 0 N–H and O–H groups in total. The Labute approximate surface area is 123 Å². The molecule has 0 unspecified atom stereocenters. The third-order valence-corrected chi connectivity index (χ3v) is 3.57. The molecule has 1 aromatic heterocycles. The summed E-state index contributed by atoms with van der Waals surface area (Å²) in [6, 6.07) is 6.91. The number of aryl methyl sites for hydroxylation is 2. The van der Waals surface area contributed by atoms with Crippen LogP contribution in [0.15, 0.2) is 35.5 Å². The number of nitrogens with zero attached hydrogens (tertiary/aromatic N) is 2. The molecule has 0 amide bonds. The maximum atomic E-state index is 14.1. The zero-order valence-corrected chi connectivity index (χ0v) is 12.6. The van der Waals surface area contributed by atoms with Crippen LogP contribution in [0.1, 0.15) is 36.2 Å². The Morgan fingerprint density at radius 3 is 2.67 bits per heavy atom. The van der Waals surface area contributed by atoms with Gasteiger partial charge in [-0.05, 0) is 51.5 Å². The smallest absolute Gasteiger partial charge is 0.195 e. The highest BCUT2D eigenvalue weighted by molar-refractivity contribution is 6.15. The number of benzene rings is 1. The number of rotatable bonds is 1. The second kappa shape index (κ2) is 4.65. The molecule has 21 heavy (non-hydrogen) atoms. The van der Waals surface area contributed by atoms with E-state index in [1.54, 1.807) is 12.3 Å². The number of para-hydroxylation sites is 1.